The second-order valence-electron chi connectivity index (χ2n) is 3.35. The number of carbonyl (C=O) groups is 1. The molecule has 1 rings (SSSR count). The van der Waals surface area contributed by atoms with Crippen LogP contribution in [-0.4, -0.2) is 32.7 Å². The van der Waals surface area contributed by atoms with Crippen LogP contribution in [0.15, 0.2) is 18.2 Å². The highest BCUT2D eigenvalue weighted by Gasteiger charge is 2.05. The Morgan fingerprint density at radius 2 is 2.06 bits per heavy atom. The standard InChI is InChI=1S/C11H14F2N2O2.ClH/c1-17-5-4-14-7-11(16)15-8-2-3-9(12)10(13)6-8;/h2-3,6,14H,4-5,7H2,1H3,(H,15,16);1H. The fourth-order valence-corrected chi connectivity index (χ4v) is 1.16. The zero-order valence-electron chi connectivity index (χ0n) is 9.83. The van der Waals surface area contributed by atoms with Gasteiger partial charge in [-0.1, -0.05) is 0 Å². The summed E-state index contributed by atoms with van der Waals surface area (Å²) in [7, 11) is 1.56. The lowest BCUT2D eigenvalue weighted by Gasteiger charge is -2.06. The molecule has 2 N–H and O–H groups in total. The van der Waals surface area contributed by atoms with Crippen molar-refractivity contribution in [3.63, 3.8) is 0 Å². The first-order valence-electron chi connectivity index (χ1n) is 5.08. The Hall–Kier alpha value is -1.24. The van der Waals surface area contributed by atoms with Crippen molar-refractivity contribution in [2.75, 3.05) is 32.1 Å². The SMILES string of the molecule is COCCNCC(=O)Nc1ccc(F)c(F)c1.Cl. The lowest BCUT2D eigenvalue weighted by molar-refractivity contribution is -0.115. The molecule has 1 amide bonds. The van der Waals surface area contributed by atoms with E-state index in [-0.39, 0.29) is 30.5 Å². The van der Waals surface area contributed by atoms with Gasteiger partial charge in [0.1, 0.15) is 0 Å². The molecule has 0 saturated heterocycles. The van der Waals surface area contributed by atoms with E-state index >= 15 is 0 Å². The lowest BCUT2D eigenvalue weighted by atomic mass is 10.3. The molecule has 0 aliphatic carbocycles. The van der Waals surface area contributed by atoms with E-state index < -0.39 is 11.6 Å². The molecule has 0 aliphatic heterocycles. The third kappa shape index (κ3) is 5.90. The quantitative estimate of drug-likeness (QED) is 0.778. The summed E-state index contributed by atoms with van der Waals surface area (Å²) >= 11 is 0. The van der Waals surface area contributed by atoms with Crippen LogP contribution in [-0.2, 0) is 9.53 Å². The van der Waals surface area contributed by atoms with Gasteiger partial charge in [-0.25, -0.2) is 8.78 Å². The number of amides is 1. The van der Waals surface area contributed by atoms with Gasteiger partial charge < -0.3 is 15.4 Å². The summed E-state index contributed by atoms with van der Waals surface area (Å²) in [4.78, 5) is 11.3. The molecule has 0 spiro atoms. The van der Waals surface area contributed by atoms with Gasteiger partial charge in [0.2, 0.25) is 5.91 Å². The van der Waals surface area contributed by atoms with Crippen LogP contribution in [0.25, 0.3) is 0 Å². The van der Waals surface area contributed by atoms with Crippen molar-refractivity contribution < 1.29 is 18.3 Å². The molecule has 1 aromatic carbocycles. The average molecular weight is 281 g/mol. The Labute approximate surface area is 110 Å². The van der Waals surface area contributed by atoms with E-state index in [0.717, 1.165) is 12.1 Å². The Bertz CT molecular complexity index is 391. The molecule has 0 bridgehead atoms. The molecule has 7 heteroatoms. The van der Waals surface area contributed by atoms with Gasteiger partial charge in [-0.15, -0.1) is 12.4 Å². The normalized spacial score (nSPS) is 9.72. The van der Waals surface area contributed by atoms with Gasteiger partial charge in [0.25, 0.3) is 0 Å². The molecule has 0 atom stereocenters. The number of halogens is 3. The Kier molecular flexibility index (Phi) is 8.19. The number of anilines is 1. The number of ether oxygens (including phenoxy) is 1. The van der Waals surface area contributed by atoms with Gasteiger partial charge in [-0.2, -0.15) is 0 Å². The number of carbonyl (C=O) groups excluding carboxylic acids is 1. The van der Waals surface area contributed by atoms with Gasteiger partial charge in [-0.05, 0) is 12.1 Å². The van der Waals surface area contributed by atoms with Gasteiger partial charge in [-0.3, -0.25) is 4.79 Å². The highest BCUT2D eigenvalue weighted by atomic mass is 35.5. The smallest absolute Gasteiger partial charge is 0.238 e. The molecule has 0 saturated carbocycles. The summed E-state index contributed by atoms with van der Waals surface area (Å²) in [6.45, 7) is 1.13. The minimum Gasteiger partial charge on any atom is -0.383 e. The van der Waals surface area contributed by atoms with E-state index in [2.05, 4.69) is 10.6 Å². The number of nitrogens with one attached hydrogen (secondary N) is 2. The molecule has 0 aliphatic rings. The summed E-state index contributed by atoms with van der Waals surface area (Å²) < 4.78 is 30.2. The zero-order chi connectivity index (χ0) is 12.7. The topological polar surface area (TPSA) is 50.4 Å². The maximum Gasteiger partial charge on any atom is 0.238 e. The van der Waals surface area contributed by atoms with E-state index in [1.807, 2.05) is 0 Å². The number of methoxy groups -OCH3 is 1. The molecule has 0 fully saturated rings. The van der Waals surface area contributed by atoms with Crippen LogP contribution in [0.4, 0.5) is 14.5 Å². The summed E-state index contributed by atoms with van der Waals surface area (Å²) in [5.41, 5.74) is 0.224. The van der Waals surface area contributed by atoms with Crippen molar-refractivity contribution in [3.05, 3.63) is 29.8 Å². The zero-order valence-corrected chi connectivity index (χ0v) is 10.7. The largest absolute Gasteiger partial charge is 0.383 e. The molecule has 0 heterocycles. The third-order valence-corrected chi connectivity index (χ3v) is 1.97. The molecule has 0 aromatic heterocycles. The first kappa shape index (κ1) is 16.8. The van der Waals surface area contributed by atoms with Crippen molar-refractivity contribution in [2.24, 2.45) is 0 Å². The van der Waals surface area contributed by atoms with Crippen molar-refractivity contribution in [1.29, 1.82) is 0 Å². The minimum atomic E-state index is -0.991. The van der Waals surface area contributed by atoms with E-state index in [0.29, 0.717) is 13.2 Å². The maximum absolute atomic E-state index is 12.8. The van der Waals surface area contributed by atoms with Crippen molar-refractivity contribution in [3.8, 4) is 0 Å². The number of hydrogen-bond acceptors (Lipinski definition) is 3. The van der Waals surface area contributed by atoms with Crippen LogP contribution in [0, 0.1) is 11.6 Å². The molecular formula is C11H15ClF2N2O2. The third-order valence-electron chi connectivity index (χ3n) is 1.97. The summed E-state index contributed by atoms with van der Waals surface area (Å²) in [5, 5.41) is 5.27. The molecule has 4 nitrogen and oxygen atoms in total. The summed E-state index contributed by atoms with van der Waals surface area (Å²) in [6.07, 6.45) is 0. The predicted molar refractivity (Wildman–Crippen MR) is 67.0 cm³/mol. The van der Waals surface area contributed by atoms with Crippen LogP contribution >= 0.6 is 12.4 Å². The number of hydrogen-bond donors (Lipinski definition) is 2. The fraction of sp³-hybridized carbons (Fsp3) is 0.364. The Balaban J connectivity index is 0.00000289. The molecule has 0 radical (unpaired) electrons. The second-order valence-corrected chi connectivity index (χ2v) is 3.35. The molecule has 18 heavy (non-hydrogen) atoms. The van der Waals surface area contributed by atoms with Crippen molar-refractivity contribution in [1.82, 2.24) is 5.32 Å². The number of rotatable bonds is 6. The van der Waals surface area contributed by atoms with E-state index in [4.69, 9.17) is 4.74 Å². The predicted octanol–water partition coefficient (Wildman–Crippen LogP) is 1.56. The minimum absolute atomic E-state index is 0. The first-order valence-corrected chi connectivity index (χ1v) is 5.08. The van der Waals surface area contributed by atoms with Crippen LogP contribution < -0.4 is 10.6 Å². The lowest BCUT2D eigenvalue weighted by Crippen LogP contribution is -2.30. The van der Waals surface area contributed by atoms with Crippen LogP contribution in [0.1, 0.15) is 0 Å². The molecular weight excluding hydrogens is 266 g/mol. The number of benzene rings is 1. The van der Waals surface area contributed by atoms with E-state index in [9.17, 15) is 13.6 Å². The maximum atomic E-state index is 12.8. The summed E-state index contributed by atoms with van der Waals surface area (Å²) in [6, 6.07) is 3.19. The first-order chi connectivity index (χ1) is 8.13. The van der Waals surface area contributed by atoms with Gasteiger partial charge in [0.15, 0.2) is 11.6 Å². The summed E-state index contributed by atoms with van der Waals surface area (Å²) in [5.74, 6) is -2.26. The van der Waals surface area contributed by atoms with Crippen LogP contribution in [0.5, 0.6) is 0 Å². The van der Waals surface area contributed by atoms with Gasteiger partial charge in [0, 0.05) is 25.4 Å². The van der Waals surface area contributed by atoms with E-state index in [1.54, 1.807) is 7.11 Å². The van der Waals surface area contributed by atoms with Gasteiger partial charge in [0.05, 0.1) is 13.2 Å². The molecule has 1 aromatic rings. The van der Waals surface area contributed by atoms with Crippen molar-refractivity contribution >= 4 is 24.0 Å². The van der Waals surface area contributed by atoms with Crippen molar-refractivity contribution in [2.45, 2.75) is 0 Å². The average Bonchev–Trinajstić information content (AvgIpc) is 2.30. The van der Waals surface area contributed by atoms with E-state index in [1.165, 1.54) is 6.07 Å². The Morgan fingerprint density at radius 1 is 1.33 bits per heavy atom. The monoisotopic (exact) mass is 280 g/mol. The molecule has 102 valence electrons. The second kappa shape index (κ2) is 8.79. The molecule has 0 unspecified atom stereocenters. The fourth-order valence-electron chi connectivity index (χ4n) is 1.16. The highest BCUT2D eigenvalue weighted by molar-refractivity contribution is 5.92. The Morgan fingerprint density at radius 3 is 2.67 bits per heavy atom. The van der Waals surface area contributed by atoms with Crippen LogP contribution in [0.3, 0.4) is 0 Å². The van der Waals surface area contributed by atoms with Gasteiger partial charge >= 0.3 is 0 Å². The van der Waals surface area contributed by atoms with Crippen LogP contribution in [0.2, 0.25) is 0 Å². The highest BCUT2D eigenvalue weighted by Crippen LogP contribution is 2.12.